The van der Waals surface area contributed by atoms with Crippen LogP contribution in [0.15, 0.2) is 36.4 Å². The second-order valence-corrected chi connectivity index (χ2v) is 17.2. The number of hydrogen-bond donors (Lipinski definition) is 0. The number of ether oxygens (including phenoxy) is 6. The highest BCUT2D eigenvalue weighted by molar-refractivity contribution is 6.83. The lowest BCUT2D eigenvalue weighted by atomic mass is 9.85. The molecule has 1 fully saturated rings. The van der Waals surface area contributed by atoms with Gasteiger partial charge in [0, 0.05) is 43.8 Å². The maximum atomic E-state index is 12.4. The Hall–Kier alpha value is -3.69. The first-order chi connectivity index (χ1) is 21.1. The van der Waals surface area contributed by atoms with Gasteiger partial charge in [0.2, 0.25) is 11.9 Å². The number of carbonyl (C=O) groups excluding carboxylic acids is 4. The van der Waals surface area contributed by atoms with Crippen LogP contribution in [0.2, 0.25) is 24.7 Å². The molecule has 10 nitrogen and oxygen atoms in total. The highest BCUT2D eigenvalue weighted by Crippen LogP contribution is 2.49. The van der Waals surface area contributed by atoms with Crippen LogP contribution in [-0.2, 0) is 66.4 Å². The highest BCUT2D eigenvalue weighted by atomic mass is 35.5. The van der Waals surface area contributed by atoms with Crippen LogP contribution < -0.4 is 0 Å². The molecule has 0 amide bonds. The van der Waals surface area contributed by atoms with Gasteiger partial charge in [-0.25, -0.2) is 0 Å². The summed E-state index contributed by atoms with van der Waals surface area (Å²) in [7, 11) is -1.52. The summed E-state index contributed by atoms with van der Waals surface area (Å²) in [6.45, 7) is 10.9. The third-order valence-electron chi connectivity index (χ3n) is 7.06. The summed E-state index contributed by atoms with van der Waals surface area (Å²) in [5.74, 6) is -1.35. The van der Waals surface area contributed by atoms with E-state index < -0.39 is 62.2 Å². The number of hydrogen-bond acceptors (Lipinski definition) is 10. The van der Waals surface area contributed by atoms with Crippen LogP contribution in [0.4, 0.5) is 0 Å². The van der Waals surface area contributed by atoms with Crippen molar-refractivity contribution in [2.75, 3.05) is 6.61 Å². The quantitative estimate of drug-likeness (QED) is 0.181. The number of carbonyl (C=O) groups is 4. The van der Waals surface area contributed by atoms with Gasteiger partial charge < -0.3 is 28.4 Å². The van der Waals surface area contributed by atoms with Crippen molar-refractivity contribution in [1.29, 1.82) is 0 Å². The molecule has 2 aromatic carbocycles. The van der Waals surface area contributed by atoms with Crippen molar-refractivity contribution in [3.63, 3.8) is 0 Å². The van der Waals surface area contributed by atoms with Crippen LogP contribution in [0.5, 0.6) is 0 Å². The van der Waals surface area contributed by atoms with E-state index >= 15 is 0 Å². The molecule has 1 spiro atoms. The molecule has 240 valence electrons. The van der Waals surface area contributed by atoms with Crippen molar-refractivity contribution in [3.8, 4) is 11.5 Å². The number of benzene rings is 2. The molecule has 2 aliphatic rings. The van der Waals surface area contributed by atoms with E-state index in [1.54, 1.807) is 12.1 Å². The van der Waals surface area contributed by atoms with Gasteiger partial charge in [-0.15, -0.1) is 5.54 Å². The lowest BCUT2D eigenvalue weighted by molar-refractivity contribution is -0.370. The van der Waals surface area contributed by atoms with E-state index in [9.17, 15) is 19.2 Å². The summed E-state index contributed by atoms with van der Waals surface area (Å²) in [6, 6.07) is 11.5. The molecule has 0 aliphatic carbocycles. The van der Waals surface area contributed by atoms with Gasteiger partial charge in [0.25, 0.3) is 0 Å². The standard InChI is InChI=1S/C33H37ClO10Si/c1-19(35)39-18-29-30(41-20(2)36)31(42-21(3)37)32(43-22(4)38)33(44-29)27-15-25(28(34)16-26(27)17-40-33)14-24-10-8-23(9-11-24)12-13-45(5,6)7/h8-11,15-16,29-32H,14,17-18H2,1-7H3/t29-,30+,31+,32-,33+/m1/s1. The van der Waals surface area contributed by atoms with Crippen molar-refractivity contribution < 1.29 is 47.6 Å². The SMILES string of the molecule is CC(=O)OC[C@H]1O[C@]2(OCc3cc(Cl)c(Cc4ccc(C#C[Si](C)(C)C)cc4)cc32)[C@H](OC(C)=O)[C@@H](OC(C)=O)[C@H]1OC(C)=O. The summed E-state index contributed by atoms with van der Waals surface area (Å²) >= 11 is 6.74. The average molecular weight is 657 g/mol. The number of rotatable bonds is 7. The van der Waals surface area contributed by atoms with Crippen LogP contribution in [0.1, 0.15) is 55.5 Å². The molecular weight excluding hydrogens is 620 g/mol. The minimum Gasteiger partial charge on any atom is -0.463 e. The molecule has 0 saturated carbocycles. The second-order valence-electron chi connectivity index (χ2n) is 12.1. The van der Waals surface area contributed by atoms with Gasteiger partial charge in [0.15, 0.2) is 12.2 Å². The molecule has 4 rings (SSSR count). The molecule has 0 bridgehead atoms. The third kappa shape index (κ3) is 8.32. The Labute approximate surface area is 268 Å². The first-order valence-electron chi connectivity index (χ1n) is 14.5. The maximum absolute atomic E-state index is 12.4. The Morgan fingerprint density at radius 3 is 2.11 bits per heavy atom. The van der Waals surface area contributed by atoms with Crippen molar-refractivity contribution in [1.82, 2.24) is 0 Å². The minimum atomic E-state index is -1.82. The fraction of sp³-hybridized carbons (Fsp3) is 0.455. The Morgan fingerprint density at radius 1 is 0.911 bits per heavy atom. The highest BCUT2D eigenvalue weighted by Gasteiger charge is 2.64. The molecule has 1 saturated heterocycles. The predicted molar refractivity (Wildman–Crippen MR) is 166 cm³/mol. The first-order valence-corrected chi connectivity index (χ1v) is 18.4. The van der Waals surface area contributed by atoms with Crippen LogP contribution in [0.3, 0.4) is 0 Å². The molecule has 5 atom stereocenters. The van der Waals surface area contributed by atoms with E-state index in [2.05, 4.69) is 31.1 Å². The van der Waals surface area contributed by atoms with E-state index in [0.717, 1.165) is 16.7 Å². The zero-order valence-electron chi connectivity index (χ0n) is 26.4. The van der Waals surface area contributed by atoms with Crippen molar-refractivity contribution in [2.45, 2.75) is 90.6 Å². The Balaban J connectivity index is 1.79. The van der Waals surface area contributed by atoms with E-state index in [0.29, 0.717) is 22.6 Å². The van der Waals surface area contributed by atoms with Crippen LogP contribution in [-0.4, -0.2) is 63.0 Å². The molecule has 2 aliphatic heterocycles. The molecule has 0 N–H and O–H groups in total. The van der Waals surface area contributed by atoms with Crippen molar-refractivity contribution in [2.24, 2.45) is 0 Å². The molecule has 2 heterocycles. The number of esters is 4. The minimum absolute atomic E-state index is 0.0167. The lowest BCUT2D eigenvalue weighted by Crippen LogP contribution is -2.66. The summed E-state index contributed by atoms with van der Waals surface area (Å²) in [6.07, 6.45) is -4.80. The van der Waals surface area contributed by atoms with Gasteiger partial charge in [-0.1, -0.05) is 49.3 Å². The van der Waals surface area contributed by atoms with Crippen LogP contribution >= 0.6 is 11.6 Å². The van der Waals surface area contributed by atoms with Crippen molar-refractivity contribution >= 4 is 43.6 Å². The average Bonchev–Trinajstić information content (AvgIpc) is 3.27. The monoisotopic (exact) mass is 656 g/mol. The molecule has 0 aromatic heterocycles. The van der Waals surface area contributed by atoms with Gasteiger partial charge in [0.05, 0.1) is 6.61 Å². The topological polar surface area (TPSA) is 124 Å². The third-order valence-corrected chi connectivity index (χ3v) is 8.28. The van der Waals surface area contributed by atoms with E-state index in [1.807, 2.05) is 24.3 Å². The second kappa shape index (κ2) is 13.7. The van der Waals surface area contributed by atoms with E-state index in [-0.39, 0.29) is 13.2 Å². The van der Waals surface area contributed by atoms with E-state index in [4.69, 9.17) is 40.0 Å². The van der Waals surface area contributed by atoms with Gasteiger partial charge in [-0.3, -0.25) is 19.2 Å². The molecule has 12 heteroatoms. The first kappa shape index (κ1) is 34.2. The number of fused-ring (bicyclic) bond motifs is 2. The van der Waals surface area contributed by atoms with Crippen LogP contribution in [0.25, 0.3) is 0 Å². The zero-order valence-corrected chi connectivity index (χ0v) is 28.1. The Morgan fingerprint density at radius 2 is 1.53 bits per heavy atom. The lowest BCUT2D eigenvalue weighted by Gasteiger charge is -2.49. The largest absolute Gasteiger partial charge is 0.463 e. The molecule has 45 heavy (non-hydrogen) atoms. The van der Waals surface area contributed by atoms with Gasteiger partial charge >= 0.3 is 23.9 Å². The summed E-state index contributed by atoms with van der Waals surface area (Å²) in [5.41, 5.74) is 7.12. The summed E-state index contributed by atoms with van der Waals surface area (Å²) in [5, 5.41) is 0.489. The van der Waals surface area contributed by atoms with Gasteiger partial charge in [-0.2, -0.15) is 0 Å². The normalized spacial score (nSPS) is 23.7. The fourth-order valence-corrected chi connectivity index (χ4v) is 6.06. The van der Waals surface area contributed by atoms with Gasteiger partial charge in [-0.05, 0) is 47.4 Å². The van der Waals surface area contributed by atoms with Gasteiger partial charge in [0.1, 0.15) is 20.8 Å². The smallest absolute Gasteiger partial charge is 0.303 e. The summed E-state index contributed by atoms with van der Waals surface area (Å²) in [4.78, 5) is 48.6. The van der Waals surface area contributed by atoms with Crippen LogP contribution in [0, 0.1) is 11.5 Å². The molecule has 0 radical (unpaired) electrons. The summed E-state index contributed by atoms with van der Waals surface area (Å²) < 4.78 is 34.8. The van der Waals surface area contributed by atoms with E-state index in [1.165, 1.54) is 27.7 Å². The number of halogens is 1. The predicted octanol–water partition coefficient (Wildman–Crippen LogP) is 4.60. The Bertz CT molecular complexity index is 1540. The molecular formula is C33H37ClO10Si. The molecule has 2 aromatic rings. The van der Waals surface area contributed by atoms with Crippen molar-refractivity contribution in [3.05, 3.63) is 69.2 Å². The zero-order chi connectivity index (χ0) is 33.1. The molecule has 0 unspecified atom stereocenters. The Kier molecular flexibility index (Phi) is 10.4. The fourth-order valence-electron chi connectivity index (χ4n) is 5.29. The maximum Gasteiger partial charge on any atom is 0.303 e.